The van der Waals surface area contributed by atoms with Gasteiger partial charge in [-0.15, -0.1) is 0 Å². The second kappa shape index (κ2) is 6.87. The Balaban J connectivity index is 2.22. The zero-order valence-corrected chi connectivity index (χ0v) is 12.5. The number of aliphatic hydroxyl groups excluding tert-OH is 1. The van der Waals surface area contributed by atoms with Crippen molar-refractivity contribution in [1.29, 1.82) is 0 Å². The number of benzene rings is 1. The molecule has 0 amide bonds. The first-order chi connectivity index (χ1) is 8.72. The van der Waals surface area contributed by atoms with Crippen molar-refractivity contribution in [2.75, 3.05) is 32.8 Å². The van der Waals surface area contributed by atoms with E-state index in [1.807, 2.05) is 12.1 Å². The SMILES string of the molecule is OCC[C@@H](c1ccc(Br)cc1Cl)N1CCNCC1. The highest BCUT2D eigenvalue weighted by molar-refractivity contribution is 9.10. The van der Waals surface area contributed by atoms with Gasteiger partial charge in [-0.25, -0.2) is 0 Å². The fraction of sp³-hybridized carbons (Fsp3) is 0.538. The van der Waals surface area contributed by atoms with Gasteiger partial charge < -0.3 is 10.4 Å². The van der Waals surface area contributed by atoms with E-state index in [0.717, 1.165) is 47.7 Å². The molecule has 18 heavy (non-hydrogen) atoms. The number of halogens is 2. The van der Waals surface area contributed by atoms with Crippen LogP contribution in [-0.4, -0.2) is 42.8 Å². The average Bonchev–Trinajstić information content (AvgIpc) is 2.38. The molecule has 1 fully saturated rings. The zero-order chi connectivity index (χ0) is 13.0. The lowest BCUT2D eigenvalue weighted by Gasteiger charge is -2.35. The molecule has 0 bridgehead atoms. The number of rotatable bonds is 4. The molecule has 1 aromatic rings. The maximum absolute atomic E-state index is 9.28. The van der Waals surface area contributed by atoms with Crippen LogP contribution in [0, 0.1) is 0 Å². The molecule has 2 rings (SSSR count). The van der Waals surface area contributed by atoms with Crippen molar-refractivity contribution < 1.29 is 5.11 Å². The molecule has 0 aromatic heterocycles. The monoisotopic (exact) mass is 332 g/mol. The van der Waals surface area contributed by atoms with Crippen LogP contribution < -0.4 is 5.32 Å². The average molecular weight is 334 g/mol. The van der Waals surface area contributed by atoms with Gasteiger partial charge in [-0.3, -0.25) is 4.90 Å². The van der Waals surface area contributed by atoms with Crippen LogP contribution in [0.2, 0.25) is 5.02 Å². The van der Waals surface area contributed by atoms with E-state index in [1.165, 1.54) is 0 Å². The maximum Gasteiger partial charge on any atom is 0.0465 e. The lowest BCUT2D eigenvalue weighted by atomic mass is 10.0. The highest BCUT2D eigenvalue weighted by Gasteiger charge is 2.23. The van der Waals surface area contributed by atoms with Crippen LogP contribution in [0.15, 0.2) is 22.7 Å². The molecular weight excluding hydrogens is 316 g/mol. The summed E-state index contributed by atoms with van der Waals surface area (Å²) in [7, 11) is 0. The molecule has 1 aliphatic rings. The van der Waals surface area contributed by atoms with E-state index in [4.69, 9.17) is 11.6 Å². The Morgan fingerprint density at radius 2 is 2.11 bits per heavy atom. The van der Waals surface area contributed by atoms with Gasteiger partial charge in [-0.1, -0.05) is 33.6 Å². The Morgan fingerprint density at radius 3 is 2.72 bits per heavy atom. The minimum atomic E-state index is 0.182. The number of hydrogen-bond donors (Lipinski definition) is 2. The fourth-order valence-corrected chi connectivity index (χ4v) is 3.22. The van der Waals surface area contributed by atoms with Gasteiger partial charge in [-0.2, -0.15) is 0 Å². The first-order valence-electron chi connectivity index (χ1n) is 6.23. The van der Waals surface area contributed by atoms with Crippen molar-refractivity contribution in [3.05, 3.63) is 33.3 Å². The van der Waals surface area contributed by atoms with Crippen LogP contribution in [0.4, 0.5) is 0 Å². The second-order valence-electron chi connectivity index (χ2n) is 4.48. The summed E-state index contributed by atoms with van der Waals surface area (Å²) in [5.41, 5.74) is 1.11. The van der Waals surface area contributed by atoms with Crippen molar-refractivity contribution in [3.8, 4) is 0 Å². The van der Waals surface area contributed by atoms with E-state index >= 15 is 0 Å². The molecule has 0 aliphatic carbocycles. The molecule has 1 aromatic carbocycles. The summed E-state index contributed by atoms with van der Waals surface area (Å²) in [6, 6.07) is 6.18. The Kier molecular flexibility index (Phi) is 5.45. The summed E-state index contributed by atoms with van der Waals surface area (Å²) in [5.74, 6) is 0. The topological polar surface area (TPSA) is 35.5 Å². The summed E-state index contributed by atoms with van der Waals surface area (Å²) < 4.78 is 0.985. The van der Waals surface area contributed by atoms with E-state index in [0.29, 0.717) is 0 Å². The normalized spacial score (nSPS) is 18.8. The van der Waals surface area contributed by atoms with Crippen LogP contribution in [0.1, 0.15) is 18.0 Å². The van der Waals surface area contributed by atoms with E-state index in [-0.39, 0.29) is 12.6 Å². The molecule has 0 saturated carbocycles. The van der Waals surface area contributed by atoms with Crippen LogP contribution >= 0.6 is 27.5 Å². The predicted octanol–water partition coefficient (Wildman–Crippen LogP) is 2.43. The molecule has 0 unspecified atom stereocenters. The van der Waals surface area contributed by atoms with Crippen LogP contribution in [0.5, 0.6) is 0 Å². The van der Waals surface area contributed by atoms with Crippen LogP contribution in [0.3, 0.4) is 0 Å². The van der Waals surface area contributed by atoms with Gasteiger partial charge in [-0.05, 0) is 24.1 Å². The first-order valence-corrected chi connectivity index (χ1v) is 7.40. The van der Waals surface area contributed by atoms with E-state index in [1.54, 1.807) is 0 Å². The number of hydrogen-bond acceptors (Lipinski definition) is 3. The smallest absolute Gasteiger partial charge is 0.0465 e. The van der Waals surface area contributed by atoms with E-state index < -0.39 is 0 Å². The molecule has 0 spiro atoms. The summed E-state index contributed by atoms with van der Waals surface area (Å²) in [6.07, 6.45) is 0.724. The van der Waals surface area contributed by atoms with Crippen LogP contribution in [0.25, 0.3) is 0 Å². The third kappa shape index (κ3) is 3.45. The minimum Gasteiger partial charge on any atom is -0.396 e. The van der Waals surface area contributed by atoms with E-state index in [2.05, 4.69) is 32.2 Å². The van der Waals surface area contributed by atoms with Gasteiger partial charge in [0, 0.05) is 48.3 Å². The van der Waals surface area contributed by atoms with Gasteiger partial charge in [0.1, 0.15) is 0 Å². The highest BCUT2D eigenvalue weighted by atomic mass is 79.9. The van der Waals surface area contributed by atoms with Crippen molar-refractivity contribution >= 4 is 27.5 Å². The number of piperazine rings is 1. The Hall–Kier alpha value is -0.130. The molecule has 1 heterocycles. The standard InChI is InChI=1S/C13H18BrClN2O/c14-10-1-2-11(12(15)9-10)13(3-8-18)17-6-4-16-5-7-17/h1-2,9,13,16,18H,3-8H2/t13-/m0/s1. The molecule has 1 atom stereocenters. The Labute approximate surface area is 121 Å². The van der Waals surface area contributed by atoms with Gasteiger partial charge >= 0.3 is 0 Å². The number of nitrogens with one attached hydrogen (secondary N) is 1. The number of nitrogens with zero attached hydrogens (tertiary/aromatic N) is 1. The third-order valence-electron chi connectivity index (χ3n) is 3.32. The van der Waals surface area contributed by atoms with Gasteiger partial charge in [0.2, 0.25) is 0 Å². The quantitative estimate of drug-likeness (QED) is 0.888. The van der Waals surface area contributed by atoms with Gasteiger partial charge in [0.15, 0.2) is 0 Å². The molecule has 1 aliphatic heterocycles. The summed E-state index contributed by atoms with van der Waals surface area (Å²) in [6.45, 7) is 4.17. The van der Waals surface area contributed by atoms with Gasteiger partial charge in [0.25, 0.3) is 0 Å². The predicted molar refractivity (Wildman–Crippen MR) is 78.0 cm³/mol. The summed E-state index contributed by atoms with van der Waals surface area (Å²) in [4.78, 5) is 2.39. The third-order valence-corrected chi connectivity index (χ3v) is 4.14. The lowest BCUT2D eigenvalue weighted by molar-refractivity contribution is 0.141. The summed E-state index contributed by atoms with van der Waals surface area (Å²) >= 11 is 9.75. The van der Waals surface area contributed by atoms with Gasteiger partial charge in [0.05, 0.1) is 0 Å². The molecule has 100 valence electrons. The molecular formula is C13H18BrClN2O. The van der Waals surface area contributed by atoms with Crippen molar-refractivity contribution in [2.24, 2.45) is 0 Å². The van der Waals surface area contributed by atoms with Crippen molar-refractivity contribution in [1.82, 2.24) is 10.2 Å². The fourth-order valence-electron chi connectivity index (χ4n) is 2.42. The second-order valence-corrected chi connectivity index (χ2v) is 5.80. The van der Waals surface area contributed by atoms with E-state index in [9.17, 15) is 5.11 Å². The van der Waals surface area contributed by atoms with Crippen molar-refractivity contribution in [3.63, 3.8) is 0 Å². The number of aliphatic hydroxyl groups is 1. The van der Waals surface area contributed by atoms with Crippen molar-refractivity contribution in [2.45, 2.75) is 12.5 Å². The van der Waals surface area contributed by atoms with Crippen LogP contribution in [-0.2, 0) is 0 Å². The highest BCUT2D eigenvalue weighted by Crippen LogP contribution is 2.32. The lowest BCUT2D eigenvalue weighted by Crippen LogP contribution is -2.45. The zero-order valence-electron chi connectivity index (χ0n) is 10.2. The molecule has 2 N–H and O–H groups in total. The largest absolute Gasteiger partial charge is 0.396 e. The summed E-state index contributed by atoms with van der Waals surface area (Å²) in [5, 5.41) is 13.4. The maximum atomic E-state index is 9.28. The Bertz CT molecular complexity index is 397. The molecule has 1 saturated heterocycles. The molecule has 5 heteroatoms. The first kappa shape index (κ1) is 14.3. The molecule has 3 nitrogen and oxygen atoms in total. The minimum absolute atomic E-state index is 0.182. The molecule has 0 radical (unpaired) electrons. The Morgan fingerprint density at radius 1 is 1.39 bits per heavy atom.